The van der Waals surface area contributed by atoms with Crippen LogP contribution in [0.3, 0.4) is 0 Å². The van der Waals surface area contributed by atoms with Crippen LogP contribution in [0.2, 0.25) is 0 Å². The first-order valence-electron chi connectivity index (χ1n) is 1.29. The Bertz CT molecular complexity index is 75.7. The largest absolute Gasteiger partial charge is 0.414 e. The maximum absolute atomic E-state index is 10.7. The molecule has 0 aliphatic heterocycles. The molecule has 0 aromatic heterocycles. The van der Waals surface area contributed by atoms with Gasteiger partial charge in [0.15, 0.2) is 0 Å². The van der Waals surface area contributed by atoms with Crippen LogP contribution in [0.25, 0.3) is 0 Å². The van der Waals surface area contributed by atoms with Crippen molar-refractivity contribution >= 4 is 5.97 Å². The van der Waals surface area contributed by atoms with E-state index in [1.165, 1.54) is 0 Å². The molecule has 0 rings (SSSR count). The van der Waals surface area contributed by atoms with Crippen molar-refractivity contribution in [3.8, 4) is 0 Å². The van der Waals surface area contributed by atoms with Gasteiger partial charge >= 0.3 is 12.4 Å². The van der Waals surface area contributed by atoms with Crippen molar-refractivity contribution in [1.29, 1.82) is 0 Å². The number of alkyl halides is 2. The fraction of sp³-hybridized carbons (Fsp3) is 0.500. The SMILES string of the molecule is O=C(OF)C(F)F.[Y]. The second-order valence-electron chi connectivity index (χ2n) is 0.697. The Kier molecular flexibility index (Phi) is 7.70. The molecule has 6 heteroatoms. The minimum absolute atomic E-state index is 0. The zero-order valence-corrected chi connectivity index (χ0v) is 6.44. The summed E-state index contributed by atoms with van der Waals surface area (Å²) in [5.74, 6) is -2.15. The van der Waals surface area contributed by atoms with Gasteiger partial charge in [-0.25, -0.2) is 9.74 Å². The van der Waals surface area contributed by atoms with Gasteiger partial charge in [0.1, 0.15) is 0 Å². The van der Waals surface area contributed by atoms with Crippen LogP contribution in [0.1, 0.15) is 0 Å². The Morgan fingerprint density at radius 3 is 1.88 bits per heavy atom. The molecule has 0 saturated carbocycles. The van der Waals surface area contributed by atoms with E-state index in [-0.39, 0.29) is 32.7 Å². The van der Waals surface area contributed by atoms with Crippen molar-refractivity contribution < 1.29 is 55.8 Å². The number of hydrogen-bond donors (Lipinski definition) is 0. The predicted octanol–water partition coefficient (Wildman–Crippen LogP) is 0.677. The molecule has 1 radical (unpaired) electrons. The van der Waals surface area contributed by atoms with Crippen LogP contribution in [0.5, 0.6) is 0 Å². The van der Waals surface area contributed by atoms with E-state index in [0.717, 1.165) is 0 Å². The van der Waals surface area contributed by atoms with Crippen molar-refractivity contribution in [2.24, 2.45) is 0 Å². The molecule has 0 aromatic rings. The molecule has 0 N–H and O–H groups in total. The maximum Gasteiger partial charge on any atom is 0.414 e. The Hall–Kier alpha value is 0.364. The molecular formula is C2HF3O2Y. The summed E-state index contributed by atoms with van der Waals surface area (Å²) in [5.41, 5.74) is 0. The third-order valence-electron chi connectivity index (χ3n) is 0.254. The fourth-order valence-electron chi connectivity index (χ4n) is 0.0337. The van der Waals surface area contributed by atoms with Crippen LogP contribution in [0.15, 0.2) is 0 Å². The van der Waals surface area contributed by atoms with Crippen LogP contribution < -0.4 is 0 Å². The molecule has 0 heterocycles. The number of carbonyl (C=O) groups is 1. The number of halogens is 3. The molecule has 0 amide bonds. The van der Waals surface area contributed by atoms with Crippen molar-refractivity contribution in [2.45, 2.75) is 6.43 Å². The monoisotopic (exact) mass is 203 g/mol. The van der Waals surface area contributed by atoms with Gasteiger partial charge in [-0.1, -0.05) is 0 Å². The molecule has 0 aliphatic carbocycles. The van der Waals surface area contributed by atoms with Crippen LogP contribution in [-0.2, 0) is 42.4 Å². The third kappa shape index (κ3) is 4.52. The van der Waals surface area contributed by atoms with E-state index in [1.54, 1.807) is 0 Å². The summed E-state index contributed by atoms with van der Waals surface area (Å²) in [6.07, 6.45) is -3.37. The standard InChI is InChI=1S/C2HF3O2.Y/c3-1(4)2(6)7-5;/h1H;. The topological polar surface area (TPSA) is 26.3 Å². The van der Waals surface area contributed by atoms with Gasteiger partial charge in [0.25, 0.3) is 0 Å². The summed E-state index contributed by atoms with van der Waals surface area (Å²) in [6.45, 7) is 0. The van der Waals surface area contributed by atoms with E-state index < -0.39 is 12.4 Å². The average molecular weight is 203 g/mol. The molecule has 0 atom stereocenters. The normalized spacial score (nSPS) is 8.00. The Morgan fingerprint density at radius 1 is 1.50 bits per heavy atom. The molecule has 0 saturated heterocycles. The fourth-order valence-corrected chi connectivity index (χ4v) is 0.0337. The zero-order chi connectivity index (χ0) is 5.86. The first-order valence-corrected chi connectivity index (χ1v) is 1.29. The van der Waals surface area contributed by atoms with E-state index in [0.29, 0.717) is 0 Å². The van der Waals surface area contributed by atoms with Crippen molar-refractivity contribution in [3.05, 3.63) is 0 Å². The molecule has 0 aliphatic rings. The molecule has 0 spiro atoms. The third-order valence-corrected chi connectivity index (χ3v) is 0.254. The van der Waals surface area contributed by atoms with Gasteiger partial charge in [0.2, 0.25) is 0 Å². The van der Waals surface area contributed by atoms with Gasteiger partial charge in [-0.15, -0.1) is 0 Å². The molecule has 0 aromatic carbocycles. The van der Waals surface area contributed by atoms with E-state index in [1.807, 2.05) is 0 Å². The second-order valence-corrected chi connectivity index (χ2v) is 0.697. The number of hydrogen-bond acceptors (Lipinski definition) is 2. The molecule has 45 valence electrons. The smallest absolute Gasteiger partial charge is 0.248 e. The average Bonchev–Trinajstić information content (AvgIpc) is 1.65. The van der Waals surface area contributed by atoms with E-state index >= 15 is 0 Å². The van der Waals surface area contributed by atoms with E-state index in [2.05, 4.69) is 4.94 Å². The molecule has 0 fully saturated rings. The Morgan fingerprint density at radius 2 is 1.88 bits per heavy atom. The summed E-state index contributed by atoms with van der Waals surface area (Å²) >= 11 is 0. The Labute approximate surface area is 68.2 Å². The van der Waals surface area contributed by atoms with Gasteiger partial charge in [0, 0.05) is 37.2 Å². The minimum atomic E-state index is -3.37. The first-order chi connectivity index (χ1) is 3.18. The van der Waals surface area contributed by atoms with Crippen LogP contribution >= 0.6 is 0 Å². The maximum atomic E-state index is 10.7. The number of carbonyl (C=O) groups excluding carboxylic acids is 1. The Balaban J connectivity index is 0. The van der Waals surface area contributed by atoms with Gasteiger partial charge < -0.3 is 0 Å². The first kappa shape index (κ1) is 11.2. The number of rotatable bonds is 1. The molecule has 8 heavy (non-hydrogen) atoms. The van der Waals surface area contributed by atoms with Crippen molar-refractivity contribution in [1.82, 2.24) is 0 Å². The van der Waals surface area contributed by atoms with E-state index in [4.69, 9.17) is 4.79 Å². The van der Waals surface area contributed by atoms with E-state index in [9.17, 15) is 13.3 Å². The molecule has 0 bridgehead atoms. The van der Waals surface area contributed by atoms with Crippen LogP contribution in [0.4, 0.5) is 13.3 Å². The quantitative estimate of drug-likeness (QED) is 0.626. The van der Waals surface area contributed by atoms with Crippen LogP contribution in [-0.4, -0.2) is 12.4 Å². The summed E-state index contributed by atoms with van der Waals surface area (Å²) in [6, 6.07) is 0. The summed E-state index contributed by atoms with van der Waals surface area (Å²) in [4.78, 5) is 11.3. The molecular weight excluding hydrogens is 202 g/mol. The molecule has 2 nitrogen and oxygen atoms in total. The van der Waals surface area contributed by atoms with Gasteiger partial charge in [-0.2, -0.15) is 8.78 Å². The van der Waals surface area contributed by atoms with Crippen molar-refractivity contribution in [2.75, 3.05) is 0 Å². The van der Waals surface area contributed by atoms with Gasteiger partial charge in [-0.3, -0.25) is 0 Å². The van der Waals surface area contributed by atoms with Gasteiger partial charge in [0.05, 0.1) is 0 Å². The van der Waals surface area contributed by atoms with Crippen molar-refractivity contribution in [3.63, 3.8) is 0 Å². The summed E-state index contributed by atoms with van der Waals surface area (Å²) in [5, 5.41) is 0. The second kappa shape index (κ2) is 5.50. The summed E-state index contributed by atoms with van der Waals surface area (Å²) in [7, 11) is 0. The molecule has 0 unspecified atom stereocenters. The minimum Gasteiger partial charge on any atom is -0.248 e. The summed E-state index contributed by atoms with van der Waals surface area (Å²) < 4.78 is 31.7. The van der Waals surface area contributed by atoms with Crippen LogP contribution in [0, 0.1) is 0 Å². The van der Waals surface area contributed by atoms with Gasteiger partial charge in [-0.05, 0) is 0 Å². The zero-order valence-electron chi connectivity index (χ0n) is 3.61. The predicted molar refractivity (Wildman–Crippen MR) is 13.2 cm³/mol.